The van der Waals surface area contributed by atoms with Gasteiger partial charge in [0, 0.05) is 25.2 Å². The third kappa shape index (κ3) is 4.27. The van der Waals surface area contributed by atoms with E-state index in [1.54, 1.807) is 11.3 Å². The Hall–Kier alpha value is -1.60. The highest BCUT2D eigenvalue weighted by atomic mass is 32.2. The number of rotatable bonds is 5. The van der Waals surface area contributed by atoms with E-state index in [1.807, 2.05) is 30.0 Å². The van der Waals surface area contributed by atoms with Gasteiger partial charge in [-0.05, 0) is 37.5 Å². The molecule has 0 atom stereocenters. The molecule has 128 valence electrons. The third-order valence-electron chi connectivity index (χ3n) is 4.00. The Morgan fingerprint density at radius 1 is 1.29 bits per heavy atom. The number of hydrogen-bond donors (Lipinski definition) is 1. The summed E-state index contributed by atoms with van der Waals surface area (Å²) in [6.45, 7) is 3.61. The molecule has 24 heavy (non-hydrogen) atoms. The van der Waals surface area contributed by atoms with Gasteiger partial charge >= 0.3 is 0 Å². The lowest BCUT2D eigenvalue weighted by atomic mass is 10.1. The van der Waals surface area contributed by atoms with Gasteiger partial charge in [0.2, 0.25) is 11.8 Å². The molecular weight excluding hydrogens is 342 g/mol. The summed E-state index contributed by atoms with van der Waals surface area (Å²) < 4.78 is 1.92. The molecule has 0 unspecified atom stereocenters. The van der Waals surface area contributed by atoms with Crippen molar-refractivity contribution in [2.24, 2.45) is 0 Å². The molecule has 1 aliphatic heterocycles. The molecule has 1 saturated heterocycles. The van der Waals surface area contributed by atoms with Crippen molar-refractivity contribution >= 4 is 50.8 Å². The van der Waals surface area contributed by atoms with Crippen LogP contribution < -0.4 is 5.32 Å². The van der Waals surface area contributed by atoms with Crippen LogP contribution in [0, 0.1) is 0 Å². The second-order valence-electron chi connectivity index (χ2n) is 5.79. The second-order valence-corrected chi connectivity index (χ2v) is 8.05. The summed E-state index contributed by atoms with van der Waals surface area (Å²) in [5.41, 5.74) is 1.70. The van der Waals surface area contributed by atoms with Gasteiger partial charge in [0.05, 0.1) is 16.0 Å². The number of anilines is 1. The number of nitrogens with one attached hydrogen (secondary N) is 1. The minimum Gasteiger partial charge on any atom is -0.342 e. The number of likely N-dealkylation sites (tertiary alicyclic amines) is 1. The first-order chi connectivity index (χ1) is 11.7. The largest absolute Gasteiger partial charge is 0.342 e. The molecule has 5 nitrogen and oxygen atoms in total. The minimum atomic E-state index is 0.000548. The van der Waals surface area contributed by atoms with Crippen molar-refractivity contribution in [1.82, 2.24) is 9.88 Å². The van der Waals surface area contributed by atoms with Crippen molar-refractivity contribution in [2.75, 3.05) is 24.2 Å². The second kappa shape index (κ2) is 7.98. The Morgan fingerprint density at radius 3 is 2.83 bits per heavy atom. The van der Waals surface area contributed by atoms with E-state index in [1.165, 1.54) is 18.2 Å². The molecule has 3 rings (SSSR count). The SMILES string of the molecule is CCC(=O)Nc1ccc2nc(SCC(=O)N3CCCCC3)sc2c1. The van der Waals surface area contributed by atoms with E-state index in [9.17, 15) is 9.59 Å². The first kappa shape index (κ1) is 17.2. The lowest BCUT2D eigenvalue weighted by Gasteiger charge is -2.26. The molecule has 2 amide bonds. The van der Waals surface area contributed by atoms with Crippen LogP contribution in [-0.4, -0.2) is 40.5 Å². The summed E-state index contributed by atoms with van der Waals surface area (Å²) >= 11 is 3.07. The van der Waals surface area contributed by atoms with Gasteiger partial charge in [0.25, 0.3) is 0 Å². The highest BCUT2D eigenvalue weighted by molar-refractivity contribution is 8.01. The Bertz CT molecular complexity index is 739. The Labute approximate surface area is 149 Å². The molecule has 0 spiro atoms. The van der Waals surface area contributed by atoms with Crippen LogP contribution >= 0.6 is 23.1 Å². The zero-order valence-corrected chi connectivity index (χ0v) is 15.3. The van der Waals surface area contributed by atoms with Crippen molar-refractivity contribution in [1.29, 1.82) is 0 Å². The fourth-order valence-electron chi connectivity index (χ4n) is 2.65. The number of carbonyl (C=O) groups is 2. The number of nitrogens with zero attached hydrogens (tertiary/aromatic N) is 2. The van der Waals surface area contributed by atoms with E-state index in [2.05, 4.69) is 10.3 Å². The number of amides is 2. The monoisotopic (exact) mass is 363 g/mol. The Balaban J connectivity index is 1.62. The summed E-state index contributed by atoms with van der Waals surface area (Å²) in [5.74, 6) is 0.648. The molecule has 0 radical (unpaired) electrons. The highest BCUT2D eigenvalue weighted by Crippen LogP contribution is 2.31. The summed E-state index contributed by atoms with van der Waals surface area (Å²) in [6, 6.07) is 5.72. The maximum absolute atomic E-state index is 12.2. The summed E-state index contributed by atoms with van der Waals surface area (Å²) in [4.78, 5) is 30.2. The van der Waals surface area contributed by atoms with Gasteiger partial charge in [-0.15, -0.1) is 11.3 Å². The zero-order chi connectivity index (χ0) is 16.9. The molecule has 7 heteroatoms. The van der Waals surface area contributed by atoms with Crippen LogP contribution in [0.25, 0.3) is 10.2 Å². The van der Waals surface area contributed by atoms with Crippen molar-refractivity contribution in [3.8, 4) is 0 Å². The lowest BCUT2D eigenvalue weighted by molar-refractivity contribution is -0.129. The average molecular weight is 364 g/mol. The maximum Gasteiger partial charge on any atom is 0.233 e. The van der Waals surface area contributed by atoms with E-state index < -0.39 is 0 Å². The molecule has 1 aromatic heterocycles. The van der Waals surface area contributed by atoms with Gasteiger partial charge in [0.15, 0.2) is 4.34 Å². The fraction of sp³-hybridized carbons (Fsp3) is 0.471. The molecule has 2 aromatic rings. The van der Waals surface area contributed by atoms with E-state index in [0.29, 0.717) is 12.2 Å². The molecule has 1 N–H and O–H groups in total. The number of thioether (sulfide) groups is 1. The number of carbonyl (C=O) groups excluding carboxylic acids is 2. The third-order valence-corrected chi connectivity index (χ3v) is 6.15. The average Bonchev–Trinajstić information content (AvgIpc) is 3.02. The molecule has 1 aromatic carbocycles. The van der Waals surface area contributed by atoms with Crippen LogP contribution in [0.15, 0.2) is 22.5 Å². The number of thiazole rings is 1. The minimum absolute atomic E-state index is 0.000548. The quantitative estimate of drug-likeness (QED) is 0.822. The number of aromatic nitrogens is 1. The number of fused-ring (bicyclic) bond motifs is 1. The predicted octanol–water partition coefficient (Wildman–Crippen LogP) is 3.75. The van der Waals surface area contributed by atoms with Crippen molar-refractivity contribution in [3.05, 3.63) is 18.2 Å². The number of benzene rings is 1. The van der Waals surface area contributed by atoms with Gasteiger partial charge in [-0.3, -0.25) is 9.59 Å². The first-order valence-corrected chi connectivity index (χ1v) is 10.1. The van der Waals surface area contributed by atoms with Crippen LogP contribution in [0.5, 0.6) is 0 Å². The van der Waals surface area contributed by atoms with Crippen LogP contribution in [0.4, 0.5) is 5.69 Å². The van der Waals surface area contributed by atoms with E-state index in [4.69, 9.17) is 0 Å². The van der Waals surface area contributed by atoms with Crippen LogP contribution in [-0.2, 0) is 9.59 Å². The number of hydrogen-bond acceptors (Lipinski definition) is 5. The Morgan fingerprint density at radius 2 is 2.08 bits per heavy atom. The standard InChI is InChI=1S/C17H21N3O2S2/c1-2-15(21)18-12-6-7-13-14(10-12)24-17(19-13)23-11-16(22)20-8-4-3-5-9-20/h6-7,10H,2-5,8-9,11H2,1H3,(H,18,21). The van der Waals surface area contributed by atoms with Gasteiger partial charge in [-0.2, -0.15) is 0 Å². The van der Waals surface area contributed by atoms with Gasteiger partial charge < -0.3 is 10.2 Å². The molecule has 0 aliphatic carbocycles. The van der Waals surface area contributed by atoms with Gasteiger partial charge in [0.1, 0.15) is 0 Å². The molecule has 0 bridgehead atoms. The summed E-state index contributed by atoms with van der Waals surface area (Å²) in [5, 5.41) is 2.86. The first-order valence-electron chi connectivity index (χ1n) is 8.26. The summed E-state index contributed by atoms with van der Waals surface area (Å²) in [6.07, 6.45) is 3.92. The van der Waals surface area contributed by atoms with Gasteiger partial charge in [-0.25, -0.2) is 4.98 Å². The van der Waals surface area contributed by atoms with Gasteiger partial charge in [-0.1, -0.05) is 18.7 Å². The highest BCUT2D eigenvalue weighted by Gasteiger charge is 2.17. The topological polar surface area (TPSA) is 62.3 Å². The fourth-order valence-corrected chi connectivity index (χ4v) is 4.66. The normalized spacial score (nSPS) is 14.8. The van der Waals surface area contributed by atoms with Crippen LogP contribution in [0.2, 0.25) is 0 Å². The Kier molecular flexibility index (Phi) is 5.73. The zero-order valence-electron chi connectivity index (χ0n) is 13.7. The molecule has 1 fully saturated rings. The van der Waals surface area contributed by atoms with E-state index >= 15 is 0 Å². The van der Waals surface area contributed by atoms with Crippen LogP contribution in [0.3, 0.4) is 0 Å². The van der Waals surface area contributed by atoms with Crippen molar-refractivity contribution in [2.45, 2.75) is 36.9 Å². The van der Waals surface area contributed by atoms with Crippen molar-refractivity contribution in [3.63, 3.8) is 0 Å². The van der Waals surface area contributed by atoms with E-state index in [-0.39, 0.29) is 11.8 Å². The number of piperidine rings is 1. The van der Waals surface area contributed by atoms with Crippen LogP contribution in [0.1, 0.15) is 32.6 Å². The van der Waals surface area contributed by atoms with E-state index in [0.717, 1.165) is 46.2 Å². The maximum atomic E-state index is 12.2. The lowest BCUT2D eigenvalue weighted by Crippen LogP contribution is -2.36. The summed E-state index contributed by atoms with van der Waals surface area (Å²) in [7, 11) is 0. The smallest absolute Gasteiger partial charge is 0.233 e. The predicted molar refractivity (Wildman–Crippen MR) is 99.7 cm³/mol. The molecule has 0 saturated carbocycles. The molecule has 1 aliphatic rings. The molecule has 2 heterocycles. The molecular formula is C17H21N3O2S2. The van der Waals surface area contributed by atoms with Crippen molar-refractivity contribution < 1.29 is 9.59 Å².